The normalized spacial score (nSPS) is 15.6. The first-order valence-corrected chi connectivity index (χ1v) is 6.34. The van der Waals surface area contributed by atoms with Crippen LogP contribution in [0.3, 0.4) is 0 Å². The lowest BCUT2D eigenvalue weighted by molar-refractivity contribution is 0.0982. The van der Waals surface area contributed by atoms with Crippen molar-refractivity contribution >= 4 is 39.3 Å². The van der Waals surface area contributed by atoms with E-state index in [4.69, 9.17) is 0 Å². The summed E-state index contributed by atoms with van der Waals surface area (Å²) in [5.74, 6) is 0.248. The summed E-state index contributed by atoms with van der Waals surface area (Å²) in [5.41, 5.74) is 1.87. The molecule has 14 heavy (non-hydrogen) atoms. The Hall–Kier alpha value is -0.480. The third-order valence-corrected chi connectivity index (χ3v) is 3.60. The molecule has 0 bridgehead atoms. The van der Waals surface area contributed by atoms with E-state index in [1.807, 2.05) is 24.5 Å². The predicted octanol–water partition coefficient (Wildman–Crippen LogP) is 3.12. The molecule has 1 aliphatic heterocycles. The van der Waals surface area contributed by atoms with Crippen LogP contribution in [0.5, 0.6) is 0 Å². The maximum atomic E-state index is 11.6. The first-order valence-electron chi connectivity index (χ1n) is 4.37. The Morgan fingerprint density at radius 1 is 1.50 bits per heavy atom. The Labute approximate surface area is 95.9 Å². The molecule has 0 amide bonds. The number of Topliss-reactive ketones (excluding diaryl/α,β-unsaturated/α-hetero) is 1. The van der Waals surface area contributed by atoms with Gasteiger partial charge in [0.2, 0.25) is 0 Å². The molecule has 1 aromatic carbocycles. The number of anilines is 1. The van der Waals surface area contributed by atoms with E-state index in [0.29, 0.717) is 6.42 Å². The van der Waals surface area contributed by atoms with E-state index in [1.165, 1.54) is 0 Å². The molecule has 0 saturated heterocycles. The highest BCUT2D eigenvalue weighted by Gasteiger charge is 2.22. The minimum Gasteiger partial charge on any atom is -0.315 e. The van der Waals surface area contributed by atoms with Gasteiger partial charge >= 0.3 is 0 Å². The second kappa shape index (κ2) is 3.95. The molecule has 0 N–H and O–H groups in total. The largest absolute Gasteiger partial charge is 0.315 e. The van der Waals surface area contributed by atoms with Crippen molar-refractivity contribution in [1.82, 2.24) is 0 Å². The van der Waals surface area contributed by atoms with Gasteiger partial charge in [-0.3, -0.25) is 4.79 Å². The van der Waals surface area contributed by atoms with Gasteiger partial charge in [-0.05, 0) is 18.2 Å². The quantitative estimate of drug-likeness (QED) is 0.733. The van der Waals surface area contributed by atoms with Crippen LogP contribution in [0.1, 0.15) is 16.8 Å². The van der Waals surface area contributed by atoms with Crippen molar-refractivity contribution < 1.29 is 4.79 Å². The zero-order valence-electron chi connectivity index (χ0n) is 7.79. The first-order chi connectivity index (χ1) is 6.72. The van der Waals surface area contributed by atoms with Crippen LogP contribution in [0.4, 0.5) is 5.69 Å². The third kappa shape index (κ3) is 1.68. The summed E-state index contributed by atoms with van der Waals surface area (Å²) in [6, 6.07) is 5.81. The van der Waals surface area contributed by atoms with Gasteiger partial charge in [0.05, 0.1) is 5.69 Å². The van der Waals surface area contributed by atoms with Crippen LogP contribution < -0.4 is 4.31 Å². The Kier molecular flexibility index (Phi) is 2.83. The Morgan fingerprint density at radius 2 is 2.29 bits per heavy atom. The maximum absolute atomic E-state index is 11.6. The van der Waals surface area contributed by atoms with Gasteiger partial charge in [-0.15, -0.1) is 0 Å². The van der Waals surface area contributed by atoms with Crippen molar-refractivity contribution in [3.05, 3.63) is 28.2 Å². The molecule has 1 heterocycles. The maximum Gasteiger partial charge on any atom is 0.166 e. The van der Waals surface area contributed by atoms with Gasteiger partial charge in [0.15, 0.2) is 5.78 Å². The van der Waals surface area contributed by atoms with Crippen molar-refractivity contribution in [2.24, 2.45) is 0 Å². The highest BCUT2D eigenvalue weighted by molar-refractivity contribution is 9.10. The summed E-state index contributed by atoms with van der Waals surface area (Å²) in [6.07, 6.45) is 2.65. The molecule has 74 valence electrons. The lowest BCUT2D eigenvalue weighted by Gasteiger charge is -2.28. The van der Waals surface area contributed by atoms with Crippen molar-refractivity contribution in [3.8, 4) is 0 Å². The molecule has 0 radical (unpaired) electrons. The van der Waals surface area contributed by atoms with E-state index in [2.05, 4.69) is 20.2 Å². The van der Waals surface area contributed by atoms with E-state index in [-0.39, 0.29) is 5.78 Å². The summed E-state index contributed by atoms with van der Waals surface area (Å²) in [4.78, 5) is 11.6. The molecular weight excluding hydrogens is 262 g/mol. The number of halogens is 1. The van der Waals surface area contributed by atoms with E-state index in [0.717, 1.165) is 22.3 Å². The topological polar surface area (TPSA) is 20.3 Å². The van der Waals surface area contributed by atoms with Gasteiger partial charge in [-0.2, -0.15) is 0 Å². The first kappa shape index (κ1) is 10.1. The summed E-state index contributed by atoms with van der Waals surface area (Å²) in [5, 5.41) is 0. The van der Waals surface area contributed by atoms with Crippen molar-refractivity contribution in [2.75, 3.05) is 17.1 Å². The lowest BCUT2D eigenvalue weighted by atomic mass is 10.0. The Balaban J connectivity index is 2.51. The molecule has 0 unspecified atom stereocenters. The van der Waals surface area contributed by atoms with Gasteiger partial charge in [0.25, 0.3) is 0 Å². The third-order valence-electron chi connectivity index (χ3n) is 2.29. The van der Waals surface area contributed by atoms with E-state index < -0.39 is 0 Å². The summed E-state index contributed by atoms with van der Waals surface area (Å²) in [6.45, 7) is 0.809. The molecule has 1 aromatic rings. The van der Waals surface area contributed by atoms with Crippen LogP contribution in [0, 0.1) is 0 Å². The molecule has 0 saturated carbocycles. The average molecular weight is 272 g/mol. The van der Waals surface area contributed by atoms with Crippen LogP contribution in [0.2, 0.25) is 0 Å². The highest BCUT2D eigenvalue weighted by Crippen LogP contribution is 2.33. The molecule has 0 spiro atoms. The zero-order chi connectivity index (χ0) is 10.1. The van der Waals surface area contributed by atoms with E-state index >= 15 is 0 Å². The fourth-order valence-electron chi connectivity index (χ4n) is 1.59. The standard InChI is InChI=1S/C10H10BrNOS/c1-14-12-5-4-10(13)8-3-2-7(11)6-9(8)12/h2-3,6H,4-5H2,1H3. The molecular formula is C10H10BrNOS. The minimum absolute atomic E-state index is 0.248. The second-order valence-corrected chi connectivity index (χ2v) is 4.84. The van der Waals surface area contributed by atoms with Crippen molar-refractivity contribution in [3.63, 3.8) is 0 Å². The number of rotatable bonds is 1. The number of carbonyl (C=O) groups excluding carboxylic acids is 1. The molecule has 1 aliphatic rings. The van der Waals surface area contributed by atoms with Crippen LogP contribution >= 0.6 is 27.9 Å². The minimum atomic E-state index is 0.248. The molecule has 0 aliphatic carbocycles. The molecule has 0 aromatic heterocycles. The Bertz CT molecular complexity index is 380. The average Bonchev–Trinajstić information content (AvgIpc) is 2.18. The summed E-state index contributed by atoms with van der Waals surface area (Å²) >= 11 is 5.08. The fourth-order valence-corrected chi connectivity index (χ4v) is 2.57. The molecule has 0 atom stereocenters. The fraction of sp³-hybridized carbons (Fsp3) is 0.300. The number of nitrogens with zero attached hydrogens (tertiary/aromatic N) is 1. The number of carbonyl (C=O) groups is 1. The van der Waals surface area contributed by atoms with Gasteiger partial charge < -0.3 is 4.31 Å². The number of benzene rings is 1. The van der Waals surface area contributed by atoms with Gasteiger partial charge in [0, 0.05) is 29.3 Å². The van der Waals surface area contributed by atoms with Crippen LogP contribution in [0.25, 0.3) is 0 Å². The summed E-state index contributed by atoms with van der Waals surface area (Å²) in [7, 11) is 0. The number of ketones is 1. The number of hydrogen-bond donors (Lipinski definition) is 0. The van der Waals surface area contributed by atoms with Crippen LogP contribution in [-0.4, -0.2) is 18.6 Å². The highest BCUT2D eigenvalue weighted by atomic mass is 79.9. The van der Waals surface area contributed by atoms with Crippen molar-refractivity contribution in [2.45, 2.75) is 6.42 Å². The van der Waals surface area contributed by atoms with E-state index in [1.54, 1.807) is 11.9 Å². The second-order valence-electron chi connectivity index (χ2n) is 3.12. The zero-order valence-corrected chi connectivity index (χ0v) is 10.2. The Morgan fingerprint density at radius 3 is 3.00 bits per heavy atom. The van der Waals surface area contributed by atoms with Gasteiger partial charge in [-0.1, -0.05) is 27.9 Å². The predicted molar refractivity (Wildman–Crippen MR) is 64.0 cm³/mol. The van der Waals surface area contributed by atoms with Crippen LogP contribution in [-0.2, 0) is 0 Å². The smallest absolute Gasteiger partial charge is 0.166 e. The number of fused-ring (bicyclic) bond motifs is 1. The summed E-state index contributed by atoms with van der Waals surface area (Å²) < 4.78 is 3.17. The van der Waals surface area contributed by atoms with Gasteiger partial charge in [0.1, 0.15) is 0 Å². The van der Waals surface area contributed by atoms with Gasteiger partial charge in [-0.25, -0.2) is 0 Å². The lowest BCUT2D eigenvalue weighted by Crippen LogP contribution is -2.25. The molecule has 4 heteroatoms. The monoisotopic (exact) mass is 271 g/mol. The molecule has 2 rings (SSSR count). The van der Waals surface area contributed by atoms with Crippen LogP contribution in [0.15, 0.2) is 22.7 Å². The molecule has 2 nitrogen and oxygen atoms in total. The molecule has 0 fully saturated rings. The van der Waals surface area contributed by atoms with E-state index in [9.17, 15) is 4.79 Å². The SMILES string of the molecule is CSN1CCC(=O)c2ccc(Br)cc21. The van der Waals surface area contributed by atoms with Crippen molar-refractivity contribution in [1.29, 1.82) is 0 Å². The number of hydrogen-bond acceptors (Lipinski definition) is 3.